The average Bonchev–Trinajstić information content (AvgIpc) is 2.47. The van der Waals surface area contributed by atoms with Crippen LogP contribution in [0, 0.1) is 12.8 Å². The third-order valence-corrected chi connectivity index (χ3v) is 2.14. The van der Waals surface area contributed by atoms with E-state index in [1.807, 2.05) is 0 Å². The number of halogens is 2. The van der Waals surface area contributed by atoms with Crippen molar-refractivity contribution >= 4 is 5.78 Å². The van der Waals surface area contributed by atoms with Crippen molar-refractivity contribution in [2.24, 2.45) is 5.92 Å². The minimum Gasteiger partial charge on any atom is -0.458 e. The van der Waals surface area contributed by atoms with Crippen molar-refractivity contribution in [1.29, 1.82) is 0 Å². The zero-order valence-electron chi connectivity index (χ0n) is 8.30. The molecule has 0 amide bonds. The highest BCUT2D eigenvalue weighted by Gasteiger charge is 2.37. The third kappa shape index (κ3) is 2.19. The van der Waals surface area contributed by atoms with E-state index in [0.29, 0.717) is 5.76 Å². The van der Waals surface area contributed by atoms with Gasteiger partial charge in [-0.25, -0.2) is 8.78 Å². The van der Waals surface area contributed by atoms with Crippen molar-refractivity contribution in [3.8, 4) is 0 Å². The Bertz CT molecular complexity index is 336. The Kier molecular flexibility index (Phi) is 2.73. The van der Waals surface area contributed by atoms with Crippen LogP contribution in [0.25, 0.3) is 0 Å². The summed E-state index contributed by atoms with van der Waals surface area (Å²) in [7, 11) is 0. The first-order valence-corrected chi connectivity index (χ1v) is 4.31. The molecule has 0 aromatic carbocycles. The van der Waals surface area contributed by atoms with Crippen LogP contribution in [0.3, 0.4) is 0 Å². The van der Waals surface area contributed by atoms with Crippen molar-refractivity contribution < 1.29 is 18.0 Å². The van der Waals surface area contributed by atoms with E-state index in [0.717, 1.165) is 6.92 Å². The number of hydrogen-bond donors (Lipinski definition) is 0. The van der Waals surface area contributed by atoms with Gasteiger partial charge < -0.3 is 4.42 Å². The molecule has 0 aliphatic heterocycles. The number of ketones is 1. The molecule has 0 aliphatic carbocycles. The van der Waals surface area contributed by atoms with E-state index in [2.05, 4.69) is 0 Å². The summed E-state index contributed by atoms with van der Waals surface area (Å²) in [5.74, 6) is -4.49. The van der Waals surface area contributed by atoms with E-state index in [1.54, 1.807) is 13.0 Å². The van der Waals surface area contributed by atoms with Gasteiger partial charge in [0.1, 0.15) is 5.76 Å². The molecule has 0 saturated carbocycles. The van der Waals surface area contributed by atoms with Gasteiger partial charge in [-0.1, -0.05) is 0 Å². The molecular formula is C10H12F2O2. The summed E-state index contributed by atoms with van der Waals surface area (Å²) in [5, 5.41) is 0. The number of alkyl halides is 2. The van der Waals surface area contributed by atoms with Crippen LogP contribution in [0.15, 0.2) is 16.5 Å². The predicted octanol–water partition coefficient (Wildman–Crippen LogP) is 3.06. The van der Waals surface area contributed by atoms with Crippen LogP contribution >= 0.6 is 0 Å². The van der Waals surface area contributed by atoms with Crippen molar-refractivity contribution in [1.82, 2.24) is 0 Å². The quantitative estimate of drug-likeness (QED) is 0.705. The lowest BCUT2D eigenvalue weighted by Crippen LogP contribution is -2.28. The van der Waals surface area contributed by atoms with Crippen LogP contribution in [0.1, 0.15) is 30.2 Å². The fourth-order valence-corrected chi connectivity index (χ4v) is 1.01. The number of carbonyl (C=O) groups excluding carboxylic acids is 1. The van der Waals surface area contributed by atoms with Gasteiger partial charge in [0.15, 0.2) is 5.76 Å². The molecule has 0 spiro atoms. The van der Waals surface area contributed by atoms with E-state index in [9.17, 15) is 13.6 Å². The van der Waals surface area contributed by atoms with E-state index in [1.165, 1.54) is 13.0 Å². The fourth-order valence-electron chi connectivity index (χ4n) is 1.01. The molecule has 1 unspecified atom stereocenters. The van der Waals surface area contributed by atoms with Crippen molar-refractivity contribution in [3.05, 3.63) is 23.7 Å². The first-order chi connectivity index (χ1) is 6.32. The van der Waals surface area contributed by atoms with Crippen LogP contribution in [0.5, 0.6) is 0 Å². The number of furan rings is 1. The summed E-state index contributed by atoms with van der Waals surface area (Å²) in [6, 6.07) is 2.99. The SMILES string of the molecule is Cc1ccc(C(=O)C(C)C(C)(F)F)o1. The zero-order valence-corrected chi connectivity index (χ0v) is 8.30. The third-order valence-electron chi connectivity index (χ3n) is 2.14. The lowest BCUT2D eigenvalue weighted by atomic mass is 9.98. The summed E-state index contributed by atoms with van der Waals surface area (Å²) < 4.78 is 30.6. The number of Topliss-reactive ketones (excluding diaryl/α,β-unsaturated/α-hetero) is 1. The second kappa shape index (κ2) is 3.52. The van der Waals surface area contributed by atoms with Crippen molar-refractivity contribution in [2.75, 3.05) is 0 Å². The molecule has 0 bridgehead atoms. The maximum absolute atomic E-state index is 12.8. The summed E-state index contributed by atoms with van der Waals surface area (Å²) in [6.45, 7) is 3.58. The summed E-state index contributed by atoms with van der Waals surface area (Å²) >= 11 is 0. The monoisotopic (exact) mass is 202 g/mol. The average molecular weight is 202 g/mol. The van der Waals surface area contributed by atoms with E-state index in [4.69, 9.17) is 4.42 Å². The van der Waals surface area contributed by atoms with Crippen LogP contribution < -0.4 is 0 Å². The molecule has 1 heterocycles. The molecule has 4 heteroatoms. The molecule has 1 aromatic heterocycles. The Hall–Kier alpha value is -1.19. The smallest absolute Gasteiger partial charge is 0.255 e. The molecule has 2 nitrogen and oxygen atoms in total. The van der Waals surface area contributed by atoms with Gasteiger partial charge in [0.25, 0.3) is 5.92 Å². The molecule has 14 heavy (non-hydrogen) atoms. The molecular weight excluding hydrogens is 190 g/mol. The topological polar surface area (TPSA) is 30.2 Å². The highest BCUT2D eigenvalue weighted by Crippen LogP contribution is 2.27. The maximum atomic E-state index is 12.8. The first-order valence-electron chi connectivity index (χ1n) is 4.31. The van der Waals surface area contributed by atoms with Gasteiger partial charge in [-0.05, 0) is 26.0 Å². The molecule has 0 saturated heterocycles. The van der Waals surface area contributed by atoms with Gasteiger partial charge in [0, 0.05) is 6.92 Å². The lowest BCUT2D eigenvalue weighted by molar-refractivity contribution is -0.0232. The Labute approximate surface area is 80.9 Å². The van der Waals surface area contributed by atoms with Crippen LogP contribution in [-0.4, -0.2) is 11.7 Å². The van der Waals surface area contributed by atoms with Crippen LogP contribution in [-0.2, 0) is 0 Å². The van der Waals surface area contributed by atoms with Crippen molar-refractivity contribution in [3.63, 3.8) is 0 Å². The van der Waals surface area contributed by atoms with Crippen LogP contribution in [0.4, 0.5) is 8.78 Å². The molecule has 0 N–H and O–H groups in total. The lowest BCUT2D eigenvalue weighted by Gasteiger charge is -2.16. The van der Waals surface area contributed by atoms with E-state index in [-0.39, 0.29) is 5.76 Å². The predicted molar refractivity (Wildman–Crippen MR) is 47.6 cm³/mol. The van der Waals surface area contributed by atoms with Gasteiger partial charge in [-0.15, -0.1) is 0 Å². The van der Waals surface area contributed by atoms with E-state index < -0.39 is 17.6 Å². The Balaban J connectivity index is 2.86. The largest absolute Gasteiger partial charge is 0.458 e. The number of carbonyl (C=O) groups is 1. The minimum atomic E-state index is -3.02. The Morgan fingerprint density at radius 1 is 1.50 bits per heavy atom. The molecule has 1 rings (SSSR count). The van der Waals surface area contributed by atoms with Crippen molar-refractivity contribution in [2.45, 2.75) is 26.7 Å². The molecule has 1 atom stereocenters. The summed E-state index contributed by atoms with van der Waals surface area (Å²) in [4.78, 5) is 11.4. The second-order valence-electron chi connectivity index (χ2n) is 3.45. The first kappa shape index (κ1) is 10.9. The van der Waals surface area contributed by atoms with Gasteiger partial charge >= 0.3 is 0 Å². The van der Waals surface area contributed by atoms with Gasteiger partial charge in [0.2, 0.25) is 5.78 Å². The van der Waals surface area contributed by atoms with Gasteiger partial charge in [0.05, 0.1) is 5.92 Å². The Morgan fingerprint density at radius 2 is 2.07 bits per heavy atom. The summed E-state index contributed by atoms with van der Waals surface area (Å²) in [6.07, 6.45) is 0. The standard InChI is InChI=1S/C10H12F2O2/c1-6-4-5-8(14-6)9(13)7(2)10(3,11)12/h4-5,7H,1-3H3. The number of rotatable bonds is 3. The number of hydrogen-bond acceptors (Lipinski definition) is 2. The molecule has 78 valence electrons. The van der Waals surface area contributed by atoms with Gasteiger partial charge in [-0.3, -0.25) is 4.79 Å². The zero-order chi connectivity index (χ0) is 10.9. The maximum Gasteiger partial charge on any atom is 0.255 e. The molecule has 0 fully saturated rings. The second-order valence-corrected chi connectivity index (χ2v) is 3.45. The molecule has 0 aliphatic rings. The van der Waals surface area contributed by atoms with E-state index >= 15 is 0 Å². The highest BCUT2D eigenvalue weighted by molar-refractivity contribution is 5.95. The Morgan fingerprint density at radius 3 is 2.43 bits per heavy atom. The summed E-state index contributed by atoms with van der Waals surface area (Å²) in [5.41, 5.74) is 0. The van der Waals surface area contributed by atoms with Crippen LogP contribution in [0.2, 0.25) is 0 Å². The normalized spacial score (nSPS) is 14.1. The number of aryl methyl sites for hydroxylation is 1. The highest BCUT2D eigenvalue weighted by atomic mass is 19.3. The molecule has 0 radical (unpaired) electrons. The fraction of sp³-hybridized carbons (Fsp3) is 0.500. The molecule has 1 aromatic rings. The van der Waals surface area contributed by atoms with Gasteiger partial charge in [-0.2, -0.15) is 0 Å². The minimum absolute atomic E-state index is 0.00322.